The summed E-state index contributed by atoms with van der Waals surface area (Å²) in [5.74, 6) is -0.583. The summed E-state index contributed by atoms with van der Waals surface area (Å²) < 4.78 is 32.1. The highest BCUT2D eigenvalue weighted by molar-refractivity contribution is 7.89. The van der Waals surface area contributed by atoms with Crippen LogP contribution in [0, 0.1) is 6.92 Å². The molecule has 0 spiro atoms. The molecule has 0 atom stereocenters. The maximum Gasteiger partial charge on any atom is 0.338 e. The number of benzene rings is 2. The van der Waals surface area contributed by atoms with E-state index in [4.69, 9.17) is 4.74 Å². The van der Waals surface area contributed by atoms with Gasteiger partial charge in [-0.05, 0) is 24.6 Å². The summed E-state index contributed by atoms with van der Waals surface area (Å²) in [6.45, 7) is 3.71. The van der Waals surface area contributed by atoms with E-state index in [0.717, 1.165) is 10.6 Å². The Morgan fingerprint density at radius 3 is 2.64 bits per heavy atom. The van der Waals surface area contributed by atoms with Crippen molar-refractivity contribution < 1.29 is 17.9 Å². The lowest BCUT2D eigenvalue weighted by Crippen LogP contribution is -2.23. The zero-order valence-corrected chi connectivity index (χ0v) is 17.1. The summed E-state index contributed by atoms with van der Waals surface area (Å²) in [5.41, 5.74) is 2.51. The number of carbonyl (C=O) groups excluding carboxylic acids is 1. The van der Waals surface area contributed by atoms with Gasteiger partial charge in [0.2, 0.25) is 10.0 Å². The van der Waals surface area contributed by atoms with E-state index in [0.29, 0.717) is 11.3 Å². The molecule has 0 amide bonds. The van der Waals surface area contributed by atoms with Crippen LogP contribution in [0.4, 0.5) is 0 Å². The number of esters is 1. The van der Waals surface area contributed by atoms with Crippen LogP contribution in [0.25, 0.3) is 10.6 Å². The topological polar surface area (TPSA) is 85.4 Å². The van der Waals surface area contributed by atoms with Crippen LogP contribution in [0.3, 0.4) is 0 Å². The third kappa shape index (κ3) is 4.64. The molecule has 1 N–H and O–H groups in total. The molecule has 0 aliphatic carbocycles. The molecule has 28 heavy (non-hydrogen) atoms. The minimum absolute atomic E-state index is 0.0196. The van der Waals surface area contributed by atoms with Gasteiger partial charge in [-0.3, -0.25) is 0 Å². The quantitative estimate of drug-likeness (QED) is 0.593. The van der Waals surface area contributed by atoms with Crippen molar-refractivity contribution in [1.82, 2.24) is 9.71 Å². The molecule has 1 aromatic heterocycles. The van der Waals surface area contributed by atoms with Crippen LogP contribution in [0.1, 0.15) is 28.5 Å². The summed E-state index contributed by atoms with van der Waals surface area (Å²) in [4.78, 5) is 17.0. The Labute approximate surface area is 168 Å². The van der Waals surface area contributed by atoms with Gasteiger partial charge in [-0.2, -0.15) is 0 Å². The van der Waals surface area contributed by atoms with E-state index < -0.39 is 16.0 Å². The Hall–Kier alpha value is -2.55. The lowest BCUT2D eigenvalue weighted by molar-refractivity contribution is 0.0467. The van der Waals surface area contributed by atoms with E-state index in [1.807, 2.05) is 35.7 Å². The van der Waals surface area contributed by atoms with Crippen LogP contribution in [0.5, 0.6) is 0 Å². The Morgan fingerprint density at radius 2 is 1.93 bits per heavy atom. The van der Waals surface area contributed by atoms with Crippen LogP contribution in [0.15, 0.2) is 58.8 Å². The first-order chi connectivity index (χ1) is 13.4. The predicted octanol–water partition coefficient (Wildman–Crippen LogP) is 3.77. The Kier molecular flexibility index (Phi) is 6.23. The number of rotatable bonds is 7. The van der Waals surface area contributed by atoms with Gasteiger partial charge >= 0.3 is 5.97 Å². The SMILES string of the molecule is CCNS(=O)(=O)c1ccc(C)c(C(=O)OCc2csc(-c3ccccc3)n2)c1. The standard InChI is InChI=1S/C20H20N2O4S2/c1-3-21-28(24,25)17-10-9-14(2)18(11-17)20(23)26-12-16-13-27-19(22-16)15-7-5-4-6-8-15/h4-11,13,21H,3,12H2,1-2H3. The molecular weight excluding hydrogens is 396 g/mol. The second kappa shape index (κ2) is 8.64. The molecule has 0 saturated carbocycles. The van der Waals surface area contributed by atoms with Gasteiger partial charge in [-0.15, -0.1) is 11.3 Å². The number of thiazole rings is 1. The molecule has 0 fully saturated rings. The predicted molar refractivity (Wildman–Crippen MR) is 109 cm³/mol. The number of hydrogen-bond acceptors (Lipinski definition) is 6. The van der Waals surface area contributed by atoms with Gasteiger partial charge in [-0.25, -0.2) is 22.9 Å². The van der Waals surface area contributed by atoms with E-state index in [9.17, 15) is 13.2 Å². The highest BCUT2D eigenvalue weighted by Crippen LogP contribution is 2.24. The number of sulfonamides is 1. The maximum absolute atomic E-state index is 12.5. The summed E-state index contributed by atoms with van der Waals surface area (Å²) in [5, 5.41) is 2.69. The van der Waals surface area contributed by atoms with Crippen LogP contribution in [0.2, 0.25) is 0 Å². The summed E-state index contributed by atoms with van der Waals surface area (Å²) in [6.07, 6.45) is 0. The molecule has 6 nitrogen and oxygen atoms in total. The van der Waals surface area contributed by atoms with E-state index in [1.54, 1.807) is 19.9 Å². The number of aryl methyl sites for hydroxylation is 1. The molecule has 0 unspecified atom stereocenters. The fraction of sp³-hybridized carbons (Fsp3) is 0.200. The average molecular weight is 417 g/mol. The van der Waals surface area contributed by atoms with Gasteiger partial charge in [0.15, 0.2) is 0 Å². The monoisotopic (exact) mass is 416 g/mol. The molecule has 2 aromatic carbocycles. The number of hydrogen-bond donors (Lipinski definition) is 1. The van der Waals surface area contributed by atoms with Crippen molar-refractivity contribution in [2.45, 2.75) is 25.3 Å². The molecule has 1 heterocycles. The first-order valence-electron chi connectivity index (χ1n) is 8.68. The lowest BCUT2D eigenvalue weighted by atomic mass is 10.1. The van der Waals surface area contributed by atoms with Gasteiger partial charge in [0.1, 0.15) is 11.6 Å². The second-order valence-electron chi connectivity index (χ2n) is 6.06. The Morgan fingerprint density at radius 1 is 1.18 bits per heavy atom. The highest BCUT2D eigenvalue weighted by atomic mass is 32.2. The van der Waals surface area contributed by atoms with Crippen LogP contribution in [-0.4, -0.2) is 25.9 Å². The van der Waals surface area contributed by atoms with Crippen molar-refractivity contribution in [3.8, 4) is 10.6 Å². The van der Waals surface area contributed by atoms with Crippen molar-refractivity contribution in [1.29, 1.82) is 0 Å². The van der Waals surface area contributed by atoms with E-state index in [1.165, 1.54) is 23.5 Å². The Bertz CT molecular complexity index is 1080. The van der Waals surface area contributed by atoms with Crippen molar-refractivity contribution in [2.24, 2.45) is 0 Å². The van der Waals surface area contributed by atoms with Crippen molar-refractivity contribution in [3.63, 3.8) is 0 Å². The normalized spacial score (nSPS) is 11.4. The fourth-order valence-corrected chi connectivity index (χ4v) is 4.44. The third-order valence-corrected chi connectivity index (χ3v) is 6.48. The van der Waals surface area contributed by atoms with Gasteiger partial charge in [0.25, 0.3) is 0 Å². The van der Waals surface area contributed by atoms with Gasteiger partial charge in [0, 0.05) is 17.5 Å². The molecule has 3 rings (SSSR count). The molecular formula is C20H20N2O4S2. The van der Waals surface area contributed by atoms with Crippen LogP contribution < -0.4 is 4.72 Å². The first kappa shape index (κ1) is 20.2. The lowest BCUT2D eigenvalue weighted by Gasteiger charge is -2.09. The van der Waals surface area contributed by atoms with Crippen LogP contribution >= 0.6 is 11.3 Å². The molecule has 0 aliphatic heterocycles. The second-order valence-corrected chi connectivity index (χ2v) is 8.69. The van der Waals surface area contributed by atoms with Crippen LogP contribution in [-0.2, 0) is 21.4 Å². The van der Waals surface area contributed by atoms with Gasteiger partial charge in [0.05, 0.1) is 16.2 Å². The van der Waals surface area contributed by atoms with E-state index >= 15 is 0 Å². The zero-order chi connectivity index (χ0) is 20.1. The number of ether oxygens (including phenoxy) is 1. The number of aromatic nitrogens is 1. The summed E-state index contributed by atoms with van der Waals surface area (Å²) in [6, 6.07) is 14.1. The van der Waals surface area contributed by atoms with E-state index in [2.05, 4.69) is 9.71 Å². The number of nitrogens with zero attached hydrogens (tertiary/aromatic N) is 1. The average Bonchev–Trinajstić information content (AvgIpc) is 3.16. The summed E-state index contributed by atoms with van der Waals surface area (Å²) in [7, 11) is -3.65. The van der Waals surface area contributed by atoms with Crippen molar-refractivity contribution in [3.05, 3.63) is 70.7 Å². The molecule has 8 heteroatoms. The summed E-state index contributed by atoms with van der Waals surface area (Å²) >= 11 is 1.47. The maximum atomic E-state index is 12.5. The first-order valence-corrected chi connectivity index (χ1v) is 11.0. The third-order valence-electron chi connectivity index (χ3n) is 4.00. The van der Waals surface area contributed by atoms with Gasteiger partial charge in [-0.1, -0.05) is 43.3 Å². The molecule has 0 aliphatic rings. The van der Waals surface area contributed by atoms with Crippen molar-refractivity contribution >= 4 is 27.3 Å². The zero-order valence-electron chi connectivity index (χ0n) is 15.5. The van der Waals surface area contributed by atoms with Crippen molar-refractivity contribution in [2.75, 3.05) is 6.54 Å². The largest absolute Gasteiger partial charge is 0.456 e. The minimum atomic E-state index is -3.65. The number of carbonyl (C=O) groups is 1. The van der Waals surface area contributed by atoms with Gasteiger partial charge < -0.3 is 4.74 Å². The highest BCUT2D eigenvalue weighted by Gasteiger charge is 2.18. The molecule has 0 saturated heterocycles. The smallest absolute Gasteiger partial charge is 0.338 e. The number of nitrogens with one attached hydrogen (secondary N) is 1. The minimum Gasteiger partial charge on any atom is -0.456 e. The molecule has 0 radical (unpaired) electrons. The molecule has 146 valence electrons. The Balaban J connectivity index is 1.73. The molecule has 0 bridgehead atoms. The van der Waals surface area contributed by atoms with E-state index in [-0.39, 0.29) is 23.6 Å². The fourth-order valence-electron chi connectivity index (χ4n) is 2.57. The molecule has 3 aromatic rings.